The van der Waals surface area contributed by atoms with E-state index < -0.39 is 0 Å². The first-order valence-electron chi connectivity index (χ1n) is 5.83. The summed E-state index contributed by atoms with van der Waals surface area (Å²) >= 11 is 0. The van der Waals surface area contributed by atoms with E-state index in [-0.39, 0.29) is 18.4 Å². The van der Waals surface area contributed by atoms with E-state index in [1.165, 1.54) is 4.90 Å². The third kappa shape index (κ3) is 2.56. The van der Waals surface area contributed by atoms with Gasteiger partial charge in [0.25, 0.3) is 0 Å². The van der Waals surface area contributed by atoms with Gasteiger partial charge >= 0.3 is 0 Å². The van der Waals surface area contributed by atoms with Crippen molar-refractivity contribution < 1.29 is 14.4 Å². The number of nitrogens with one attached hydrogen (secondary N) is 1. The normalized spacial score (nSPS) is 15.7. The van der Waals surface area contributed by atoms with E-state index in [0.29, 0.717) is 31.4 Å². The fraction of sp³-hybridized carbons (Fsp3) is 0.308. The van der Waals surface area contributed by atoms with Gasteiger partial charge in [-0.15, -0.1) is 0 Å². The zero-order valence-electron chi connectivity index (χ0n) is 9.89. The number of carbonyl (C=O) groups is 3. The maximum Gasteiger partial charge on any atom is 0.229 e. The number of rotatable bonds is 4. The monoisotopic (exact) mass is 246 g/mol. The Kier molecular flexibility index (Phi) is 3.72. The van der Waals surface area contributed by atoms with Gasteiger partial charge in [0.15, 0.2) is 0 Å². The van der Waals surface area contributed by atoms with E-state index in [0.717, 1.165) is 5.56 Å². The van der Waals surface area contributed by atoms with Crippen molar-refractivity contribution in [3.05, 3.63) is 29.8 Å². The lowest BCUT2D eigenvalue weighted by Crippen LogP contribution is -2.39. The highest BCUT2D eigenvalue weighted by Gasteiger charge is 2.26. The zero-order chi connectivity index (χ0) is 13.0. The molecule has 94 valence electrons. The molecule has 0 atom stereocenters. The van der Waals surface area contributed by atoms with Gasteiger partial charge in [-0.25, -0.2) is 0 Å². The molecule has 1 aromatic carbocycles. The SMILES string of the molecule is O=CNc1ccccc1CN1C(=O)CCCC1=O. The molecule has 0 unspecified atom stereocenters. The van der Waals surface area contributed by atoms with Crippen LogP contribution in [0.2, 0.25) is 0 Å². The first-order chi connectivity index (χ1) is 8.72. The number of carbonyl (C=O) groups excluding carboxylic acids is 3. The Morgan fingerprint density at radius 3 is 2.50 bits per heavy atom. The van der Waals surface area contributed by atoms with Crippen molar-refractivity contribution in [2.45, 2.75) is 25.8 Å². The molecule has 1 aromatic rings. The first kappa shape index (κ1) is 12.3. The Balaban J connectivity index is 2.19. The highest BCUT2D eigenvalue weighted by Crippen LogP contribution is 2.20. The molecule has 18 heavy (non-hydrogen) atoms. The molecule has 1 fully saturated rings. The quantitative estimate of drug-likeness (QED) is 0.643. The van der Waals surface area contributed by atoms with Crippen LogP contribution in [0.1, 0.15) is 24.8 Å². The van der Waals surface area contributed by atoms with Gasteiger partial charge < -0.3 is 5.32 Å². The molecule has 5 heteroatoms. The number of anilines is 1. The van der Waals surface area contributed by atoms with Crippen LogP contribution in [0.4, 0.5) is 5.69 Å². The molecule has 0 spiro atoms. The summed E-state index contributed by atoms with van der Waals surface area (Å²) < 4.78 is 0. The summed E-state index contributed by atoms with van der Waals surface area (Å²) in [7, 11) is 0. The minimum atomic E-state index is -0.146. The standard InChI is InChI=1S/C13H14N2O3/c16-9-14-11-5-2-1-4-10(11)8-15-12(17)6-3-7-13(15)18/h1-2,4-5,9H,3,6-8H2,(H,14,16). The summed E-state index contributed by atoms with van der Waals surface area (Å²) in [4.78, 5) is 35.1. The number of hydrogen-bond acceptors (Lipinski definition) is 3. The van der Waals surface area contributed by atoms with Crippen LogP contribution < -0.4 is 5.32 Å². The molecule has 1 N–H and O–H groups in total. The number of benzene rings is 1. The van der Waals surface area contributed by atoms with E-state index in [4.69, 9.17) is 0 Å². The van der Waals surface area contributed by atoms with Gasteiger partial charge in [-0.05, 0) is 18.1 Å². The van der Waals surface area contributed by atoms with Crippen molar-refractivity contribution in [3.8, 4) is 0 Å². The Bertz CT molecular complexity index is 469. The Morgan fingerprint density at radius 1 is 1.17 bits per heavy atom. The lowest BCUT2D eigenvalue weighted by molar-refractivity contribution is -0.148. The van der Waals surface area contributed by atoms with Crippen LogP contribution in [0.3, 0.4) is 0 Å². The summed E-state index contributed by atoms with van der Waals surface area (Å²) in [6, 6.07) is 7.13. The van der Waals surface area contributed by atoms with Crippen molar-refractivity contribution in [1.29, 1.82) is 0 Å². The highest BCUT2D eigenvalue weighted by atomic mass is 16.2. The van der Waals surface area contributed by atoms with E-state index in [1.807, 2.05) is 6.07 Å². The van der Waals surface area contributed by atoms with Crippen LogP contribution in [0.25, 0.3) is 0 Å². The van der Waals surface area contributed by atoms with Gasteiger partial charge in [0.05, 0.1) is 6.54 Å². The van der Waals surface area contributed by atoms with Crippen LogP contribution in [-0.2, 0) is 20.9 Å². The number of para-hydroxylation sites is 1. The number of likely N-dealkylation sites (tertiary alicyclic amines) is 1. The molecule has 1 saturated heterocycles. The van der Waals surface area contributed by atoms with Crippen LogP contribution >= 0.6 is 0 Å². The number of imide groups is 1. The fourth-order valence-electron chi connectivity index (χ4n) is 2.01. The van der Waals surface area contributed by atoms with E-state index in [1.54, 1.807) is 18.2 Å². The van der Waals surface area contributed by atoms with Crippen molar-refractivity contribution >= 4 is 23.9 Å². The minimum absolute atomic E-state index is 0.146. The van der Waals surface area contributed by atoms with Crippen LogP contribution in [0.15, 0.2) is 24.3 Å². The molecule has 0 bridgehead atoms. The van der Waals surface area contributed by atoms with Crippen LogP contribution in [0.5, 0.6) is 0 Å². The van der Waals surface area contributed by atoms with Crippen molar-refractivity contribution in [2.75, 3.05) is 5.32 Å². The maximum atomic E-state index is 11.7. The van der Waals surface area contributed by atoms with Crippen LogP contribution in [-0.4, -0.2) is 23.1 Å². The summed E-state index contributed by atoms with van der Waals surface area (Å²) in [6.07, 6.45) is 2.03. The van der Waals surface area contributed by atoms with Crippen molar-refractivity contribution in [2.24, 2.45) is 0 Å². The Labute approximate surface area is 105 Å². The third-order valence-electron chi connectivity index (χ3n) is 2.94. The Hall–Kier alpha value is -2.17. The molecular formula is C13H14N2O3. The number of amides is 3. The molecule has 1 heterocycles. The molecule has 0 radical (unpaired) electrons. The second kappa shape index (κ2) is 5.44. The molecular weight excluding hydrogens is 232 g/mol. The van der Waals surface area contributed by atoms with Crippen LogP contribution in [0, 0.1) is 0 Å². The smallest absolute Gasteiger partial charge is 0.229 e. The molecule has 0 saturated carbocycles. The van der Waals surface area contributed by atoms with Gasteiger partial charge in [0, 0.05) is 18.5 Å². The lowest BCUT2D eigenvalue weighted by Gasteiger charge is -2.25. The topological polar surface area (TPSA) is 66.5 Å². The summed E-state index contributed by atoms with van der Waals surface area (Å²) in [5, 5.41) is 2.57. The fourth-order valence-corrected chi connectivity index (χ4v) is 2.01. The average molecular weight is 246 g/mol. The molecule has 5 nitrogen and oxygen atoms in total. The van der Waals surface area contributed by atoms with Gasteiger partial charge in [-0.2, -0.15) is 0 Å². The lowest BCUT2D eigenvalue weighted by atomic mass is 10.1. The van der Waals surface area contributed by atoms with Crippen molar-refractivity contribution in [1.82, 2.24) is 4.90 Å². The van der Waals surface area contributed by atoms with Gasteiger partial charge in [0.2, 0.25) is 18.2 Å². The minimum Gasteiger partial charge on any atom is -0.328 e. The predicted molar refractivity (Wildman–Crippen MR) is 65.5 cm³/mol. The van der Waals surface area contributed by atoms with Gasteiger partial charge in [-0.3, -0.25) is 19.3 Å². The van der Waals surface area contributed by atoms with Crippen molar-refractivity contribution in [3.63, 3.8) is 0 Å². The average Bonchev–Trinajstić information content (AvgIpc) is 2.36. The van der Waals surface area contributed by atoms with E-state index >= 15 is 0 Å². The first-order valence-corrected chi connectivity index (χ1v) is 5.83. The molecule has 2 rings (SSSR count). The third-order valence-corrected chi connectivity index (χ3v) is 2.94. The Morgan fingerprint density at radius 2 is 1.83 bits per heavy atom. The molecule has 1 aliphatic rings. The predicted octanol–water partition coefficient (Wildman–Crippen LogP) is 1.29. The molecule has 0 aliphatic carbocycles. The summed E-state index contributed by atoms with van der Waals surface area (Å²) in [5.41, 5.74) is 1.38. The van der Waals surface area contributed by atoms with Gasteiger partial charge in [-0.1, -0.05) is 18.2 Å². The molecule has 0 aromatic heterocycles. The summed E-state index contributed by atoms with van der Waals surface area (Å²) in [6.45, 7) is 0.217. The molecule has 1 aliphatic heterocycles. The van der Waals surface area contributed by atoms with E-state index in [2.05, 4.69) is 5.32 Å². The van der Waals surface area contributed by atoms with Gasteiger partial charge in [0.1, 0.15) is 0 Å². The molecule has 3 amide bonds. The zero-order valence-corrected chi connectivity index (χ0v) is 9.89. The van der Waals surface area contributed by atoms with E-state index in [9.17, 15) is 14.4 Å². The highest BCUT2D eigenvalue weighted by molar-refractivity contribution is 5.97. The largest absolute Gasteiger partial charge is 0.328 e. The number of hydrogen-bond donors (Lipinski definition) is 1. The number of piperidine rings is 1. The number of nitrogens with zero attached hydrogens (tertiary/aromatic N) is 1. The summed E-state index contributed by atoms with van der Waals surface area (Å²) in [5.74, 6) is -0.292. The second-order valence-electron chi connectivity index (χ2n) is 4.15. The second-order valence-corrected chi connectivity index (χ2v) is 4.15. The maximum absolute atomic E-state index is 11.7.